The Balaban J connectivity index is 1.75. The van der Waals surface area contributed by atoms with Gasteiger partial charge in [-0.1, -0.05) is 41.4 Å². The summed E-state index contributed by atoms with van der Waals surface area (Å²) in [4.78, 5) is 12.3. The first kappa shape index (κ1) is 19.2. The van der Waals surface area contributed by atoms with Crippen molar-refractivity contribution in [2.45, 2.75) is 4.90 Å². The Morgan fingerprint density at radius 2 is 1.56 bits per heavy atom. The zero-order chi connectivity index (χ0) is 19.4. The number of amides is 1. The van der Waals surface area contributed by atoms with E-state index < -0.39 is 10.0 Å². The normalized spacial score (nSPS) is 11.0. The van der Waals surface area contributed by atoms with Gasteiger partial charge >= 0.3 is 0 Å². The quantitative estimate of drug-likeness (QED) is 0.606. The molecule has 3 aromatic carbocycles. The van der Waals surface area contributed by atoms with E-state index in [4.69, 9.17) is 23.2 Å². The van der Waals surface area contributed by atoms with E-state index in [-0.39, 0.29) is 16.5 Å². The van der Waals surface area contributed by atoms with Crippen LogP contribution in [0.25, 0.3) is 0 Å². The topological polar surface area (TPSA) is 75.3 Å². The minimum absolute atomic E-state index is 0.0446. The van der Waals surface area contributed by atoms with Gasteiger partial charge in [0.25, 0.3) is 15.9 Å². The third-order valence-electron chi connectivity index (χ3n) is 3.63. The van der Waals surface area contributed by atoms with E-state index in [9.17, 15) is 13.2 Å². The van der Waals surface area contributed by atoms with Crippen LogP contribution in [-0.4, -0.2) is 14.3 Å². The summed E-state index contributed by atoms with van der Waals surface area (Å²) in [6, 6.07) is 18.9. The molecule has 0 aromatic heterocycles. The third-order valence-corrected chi connectivity index (χ3v) is 5.57. The van der Waals surface area contributed by atoms with Gasteiger partial charge in [-0.25, -0.2) is 8.42 Å². The lowest BCUT2D eigenvalue weighted by molar-refractivity contribution is 0.102. The summed E-state index contributed by atoms with van der Waals surface area (Å²) in [7, 11) is -3.80. The summed E-state index contributed by atoms with van der Waals surface area (Å²) in [6.45, 7) is 0. The minimum atomic E-state index is -3.80. The molecule has 8 heteroatoms. The highest BCUT2D eigenvalue weighted by atomic mass is 35.5. The lowest BCUT2D eigenvalue weighted by atomic mass is 10.2. The summed E-state index contributed by atoms with van der Waals surface area (Å²) in [5.41, 5.74) is 1.15. The first-order valence-electron chi connectivity index (χ1n) is 7.79. The number of anilines is 2. The van der Waals surface area contributed by atoms with Crippen molar-refractivity contribution in [3.05, 3.63) is 88.4 Å². The number of halogens is 2. The predicted molar refractivity (Wildman–Crippen MR) is 108 cm³/mol. The Morgan fingerprint density at radius 3 is 2.22 bits per heavy atom. The van der Waals surface area contributed by atoms with Crippen LogP contribution in [0.2, 0.25) is 10.0 Å². The number of benzene rings is 3. The fraction of sp³-hybridized carbons (Fsp3) is 0. The van der Waals surface area contributed by atoms with Crippen LogP contribution in [0.4, 0.5) is 11.4 Å². The van der Waals surface area contributed by atoms with Gasteiger partial charge in [0.1, 0.15) is 0 Å². The summed E-state index contributed by atoms with van der Waals surface area (Å²) in [5, 5.41) is 3.44. The van der Waals surface area contributed by atoms with Gasteiger partial charge in [-0.2, -0.15) is 0 Å². The molecule has 1 amide bonds. The highest BCUT2D eigenvalue weighted by Crippen LogP contribution is 2.24. The summed E-state index contributed by atoms with van der Waals surface area (Å²) >= 11 is 11.9. The van der Waals surface area contributed by atoms with Crippen LogP contribution >= 0.6 is 23.2 Å². The zero-order valence-corrected chi connectivity index (χ0v) is 16.1. The minimum Gasteiger partial charge on any atom is -0.322 e. The molecule has 5 nitrogen and oxygen atoms in total. The monoisotopic (exact) mass is 420 g/mol. The molecule has 0 spiro atoms. The van der Waals surface area contributed by atoms with Crippen molar-refractivity contribution >= 4 is 50.5 Å². The number of sulfonamides is 1. The molecule has 0 radical (unpaired) electrons. The first-order valence-corrected chi connectivity index (χ1v) is 10.0. The number of para-hydroxylation sites is 1. The molecule has 0 fully saturated rings. The summed E-state index contributed by atoms with van der Waals surface area (Å²) < 4.78 is 27.4. The Kier molecular flexibility index (Phi) is 5.70. The highest BCUT2D eigenvalue weighted by molar-refractivity contribution is 7.92. The van der Waals surface area contributed by atoms with E-state index in [0.29, 0.717) is 21.3 Å². The van der Waals surface area contributed by atoms with Crippen LogP contribution in [-0.2, 0) is 10.0 Å². The Hall–Kier alpha value is -2.54. The van der Waals surface area contributed by atoms with Gasteiger partial charge in [0.15, 0.2) is 0 Å². The smallest absolute Gasteiger partial charge is 0.261 e. The second-order valence-electron chi connectivity index (χ2n) is 5.57. The molecule has 0 aliphatic heterocycles. The summed E-state index contributed by atoms with van der Waals surface area (Å²) in [6.07, 6.45) is 0. The van der Waals surface area contributed by atoms with Crippen molar-refractivity contribution in [2.75, 3.05) is 10.0 Å². The maximum Gasteiger partial charge on any atom is 0.261 e. The van der Waals surface area contributed by atoms with Gasteiger partial charge in [-0.3, -0.25) is 9.52 Å². The molecular weight excluding hydrogens is 407 g/mol. The molecular formula is C19H14Cl2N2O3S. The number of hydrogen-bond donors (Lipinski definition) is 2. The molecule has 0 bridgehead atoms. The second-order valence-corrected chi connectivity index (χ2v) is 8.10. The van der Waals surface area contributed by atoms with Gasteiger partial charge in [0, 0.05) is 16.3 Å². The van der Waals surface area contributed by atoms with Crippen LogP contribution in [0.3, 0.4) is 0 Å². The lowest BCUT2D eigenvalue weighted by Crippen LogP contribution is -2.14. The van der Waals surface area contributed by atoms with E-state index in [1.54, 1.807) is 48.5 Å². The van der Waals surface area contributed by atoms with Gasteiger partial charge in [-0.05, 0) is 54.6 Å². The van der Waals surface area contributed by atoms with Crippen molar-refractivity contribution in [1.82, 2.24) is 0 Å². The fourth-order valence-corrected chi connectivity index (χ4v) is 3.81. The molecule has 0 atom stereocenters. The van der Waals surface area contributed by atoms with E-state index >= 15 is 0 Å². The van der Waals surface area contributed by atoms with Crippen LogP contribution in [0.15, 0.2) is 77.7 Å². The zero-order valence-electron chi connectivity index (χ0n) is 13.8. The molecule has 3 rings (SSSR count). The standard InChI is InChI=1S/C19H14Cl2N2O3S/c20-14-5-3-4-13(12-14)19(24)22-15-8-10-16(11-9-15)27(25,26)23-18-7-2-1-6-17(18)21/h1-12,23H,(H,22,24). The van der Waals surface area contributed by atoms with E-state index in [1.807, 2.05) is 0 Å². The summed E-state index contributed by atoms with van der Waals surface area (Å²) in [5.74, 6) is -0.345. The molecule has 138 valence electrons. The van der Waals surface area contributed by atoms with Crippen molar-refractivity contribution in [3.8, 4) is 0 Å². The van der Waals surface area contributed by atoms with E-state index in [1.165, 1.54) is 24.3 Å². The van der Waals surface area contributed by atoms with Crippen LogP contribution in [0, 0.1) is 0 Å². The second kappa shape index (κ2) is 8.00. The maximum absolute atomic E-state index is 12.5. The van der Waals surface area contributed by atoms with Gasteiger partial charge in [-0.15, -0.1) is 0 Å². The number of carbonyl (C=O) groups is 1. The average Bonchev–Trinajstić information content (AvgIpc) is 2.64. The van der Waals surface area contributed by atoms with Gasteiger partial charge in [0.2, 0.25) is 0 Å². The van der Waals surface area contributed by atoms with E-state index in [0.717, 1.165) is 0 Å². The molecule has 0 aliphatic rings. The number of rotatable bonds is 5. The predicted octanol–water partition coefficient (Wildman–Crippen LogP) is 5.05. The van der Waals surface area contributed by atoms with Crippen molar-refractivity contribution in [1.29, 1.82) is 0 Å². The van der Waals surface area contributed by atoms with E-state index in [2.05, 4.69) is 10.0 Å². The molecule has 27 heavy (non-hydrogen) atoms. The van der Waals surface area contributed by atoms with Crippen molar-refractivity contribution in [3.63, 3.8) is 0 Å². The molecule has 0 heterocycles. The number of nitrogens with one attached hydrogen (secondary N) is 2. The number of hydrogen-bond acceptors (Lipinski definition) is 3. The van der Waals surface area contributed by atoms with Crippen LogP contribution in [0.5, 0.6) is 0 Å². The highest BCUT2D eigenvalue weighted by Gasteiger charge is 2.16. The Labute approximate surface area is 167 Å². The Morgan fingerprint density at radius 1 is 0.852 bits per heavy atom. The van der Waals surface area contributed by atoms with Crippen molar-refractivity contribution < 1.29 is 13.2 Å². The lowest BCUT2D eigenvalue weighted by Gasteiger charge is -2.10. The van der Waals surface area contributed by atoms with Gasteiger partial charge in [0.05, 0.1) is 15.6 Å². The molecule has 0 unspecified atom stereocenters. The van der Waals surface area contributed by atoms with Gasteiger partial charge < -0.3 is 5.32 Å². The van der Waals surface area contributed by atoms with Crippen molar-refractivity contribution in [2.24, 2.45) is 0 Å². The molecule has 2 N–H and O–H groups in total. The molecule has 0 saturated heterocycles. The molecule has 0 saturated carbocycles. The maximum atomic E-state index is 12.5. The third kappa shape index (κ3) is 4.80. The van der Waals surface area contributed by atoms with Crippen LogP contribution < -0.4 is 10.0 Å². The average molecular weight is 421 g/mol. The fourth-order valence-electron chi connectivity index (χ4n) is 2.30. The molecule has 3 aromatic rings. The number of carbonyl (C=O) groups excluding carboxylic acids is 1. The van der Waals surface area contributed by atoms with Crippen LogP contribution in [0.1, 0.15) is 10.4 Å². The SMILES string of the molecule is O=C(Nc1ccc(S(=O)(=O)Nc2ccccc2Cl)cc1)c1cccc(Cl)c1. The Bertz CT molecular complexity index is 1080. The molecule has 0 aliphatic carbocycles. The first-order chi connectivity index (χ1) is 12.8. The largest absolute Gasteiger partial charge is 0.322 e.